The van der Waals surface area contributed by atoms with E-state index >= 15 is 0 Å². The Labute approximate surface area is 147 Å². The number of phenolic OH excluding ortho intramolecular Hbond substituents is 1. The number of ether oxygens (including phenoxy) is 1. The third-order valence-electron chi connectivity index (χ3n) is 4.86. The monoisotopic (exact) mass is 344 g/mol. The van der Waals surface area contributed by atoms with Crippen LogP contribution in [-0.2, 0) is 11.3 Å². The molecule has 1 aromatic carbocycles. The van der Waals surface area contributed by atoms with Crippen molar-refractivity contribution in [1.82, 2.24) is 10.1 Å². The number of benzene rings is 1. The molecule has 0 bridgehead atoms. The summed E-state index contributed by atoms with van der Waals surface area (Å²) >= 11 is 0. The lowest BCUT2D eigenvalue weighted by atomic mass is 9.95. The van der Waals surface area contributed by atoms with Crippen LogP contribution in [-0.4, -0.2) is 34.3 Å². The zero-order valence-electron chi connectivity index (χ0n) is 14.7. The molecule has 1 heterocycles. The fourth-order valence-corrected chi connectivity index (χ4v) is 3.25. The highest BCUT2D eigenvalue weighted by molar-refractivity contribution is 5.68. The number of hydrogen-bond acceptors (Lipinski definition) is 5. The van der Waals surface area contributed by atoms with Gasteiger partial charge in [0.1, 0.15) is 12.4 Å². The topological polar surface area (TPSA) is 75.8 Å². The molecule has 1 aromatic heterocycles. The zero-order valence-corrected chi connectivity index (χ0v) is 14.7. The summed E-state index contributed by atoms with van der Waals surface area (Å²) in [5.74, 6) is 0.743. The maximum atomic E-state index is 12.4. The maximum Gasteiger partial charge on any atom is 0.410 e. The number of phenols is 1. The quantitative estimate of drug-likeness (QED) is 0.897. The lowest BCUT2D eigenvalue weighted by Gasteiger charge is -2.30. The van der Waals surface area contributed by atoms with E-state index in [1.165, 1.54) is 6.42 Å². The van der Waals surface area contributed by atoms with Crippen LogP contribution in [0, 0.1) is 6.92 Å². The molecule has 25 heavy (non-hydrogen) atoms. The molecule has 1 N–H and O–H groups in total. The molecule has 1 aliphatic rings. The summed E-state index contributed by atoms with van der Waals surface area (Å²) in [5.41, 5.74) is 2.22. The average Bonchev–Trinajstić information content (AvgIpc) is 3.01. The Kier molecular flexibility index (Phi) is 5.26. The molecule has 0 saturated heterocycles. The molecule has 1 saturated carbocycles. The Balaban J connectivity index is 1.67. The first-order valence-corrected chi connectivity index (χ1v) is 8.70. The molecular weight excluding hydrogens is 320 g/mol. The van der Waals surface area contributed by atoms with Crippen molar-refractivity contribution < 1.29 is 19.2 Å². The van der Waals surface area contributed by atoms with Crippen LogP contribution in [0.5, 0.6) is 5.75 Å². The predicted octanol–water partition coefficient (Wildman–Crippen LogP) is 4.26. The van der Waals surface area contributed by atoms with Crippen LogP contribution < -0.4 is 0 Å². The van der Waals surface area contributed by atoms with Crippen LogP contribution in [0.4, 0.5) is 4.79 Å². The van der Waals surface area contributed by atoms with Gasteiger partial charge in [-0.05, 0) is 44.0 Å². The van der Waals surface area contributed by atoms with E-state index in [9.17, 15) is 9.90 Å². The number of aryl methyl sites for hydroxylation is 1. The van der Waals surface area contributed by atoms with Gasteiger partial charge in [-0.25, -0.2) is 4.79 Å². The largest absolute Gasteiger partial charge is 0.508 e. The summed E-state index contributed by atoms with van der Waals surface area (Å²) in [6.07, 6.45) is 5.34. The molecule has 1 fully saturated rings. The van der Waals surface area contributed by atoms with Crippen LogP contribution in [0.2, 0.25) is 0 Å². The number of amides is 1. The molecule has 134 valence electrons. The molecular formula is C19H24N2O4. The summed E-state index contributed by atoms with van der Waals surface area (Å²) in [5, 5.41) is 13.4. The Morgan fingerprint density at radius 2 is 1.96 bits per heavy atom. The Morgan fingerprint density at radius 3 is 2.64 bits per heavy atom. The van der Waals surface area contributed by atoms with Gasteiger partial charge in [0.2, 0.25) is 0 Å². The first-order valence-electron chi connectivity index (χ1n) is 8.70. The van der Waals surface area contributed by atoms with E-state index in [1.807, 2.05) is 6.92 Å². The fourth-order valence-electron chi connectivity index (χ4n) is 3.25. The van der Waals surface area contributed by atoms with Gasteiger partial charge in [-0.3, -0.25) is 0 Å². The van der Waals surface area contributed by atoms with Gasteiger partial charge in [0.05, 0.1) is 11.3 Å². The third kappa shape index (κ3) is 3.95. The third-order valence-corrected chi connectivity index (χ3v) is 4.86. The molecule has 0 radical (unpaired) electrons. The Bertz CT molecular complexity index is 718. The van der Waals surface area contributed by atoms with Crippen molar-refractivity contribution in [3.63, 3.8) is 0 Å². The predicted molar refractivity (Wildman–Crippen MR) is 93.2 cm³/mol. The molecule has 6 heteroatoms. The normalized spacial score (nSPS) is 15.1. The summed E-state index contributed by atoms with van der Waals surface area (Å²) in [6.45, 7) is 1.93. The van der Waals surface area contributed by atoms with Crippen LogP contribution in [0.25, 0.3) is 11.3 Å². The Hall–Kier alpha value is -2.50. The summed E-state index contributed by atoms with van der Waals surface area (Å²) in [6, 6.07) is 6.92. The van der Waals surface area contributed by atoms with Gasteiger partial charge in [-0.15, -0.1) is 0 Å². The smallest absolute Gasteiger partial charge is 0.410 e. The summed E-state index contributed by atoms with van der Waals surface area (Å²) in [4.78, 5) is 14.1. The van der Waals surface area contributed by atoms with E-state index < -0.39 is 0 Å². The van der Waals surface area contributed by atoms with Gasteiger partial charge in [-0.2, -0.15) is 0 Å². The minimum atomic E-state index is -0.316. The van der Waals surface area contributed by atoms with Crippen LogP contribution in [0.15, 0.2) is 28.8 Å². The van der Waals surface area contributed by atoms with Crippen molar-refractivity contribution in [3.8, 4) is 17.1 Å². The van der Waals surface area contributed by atoms with Gasteiger partial charge in [0.25, 0.3) is 0 Å². The zero-order chi connectivity index (χ0) is 17.8. The van der Waals surface area contributed by atoms with E-state index in [1.54, 1.807) is 36.2 Å². The molecule has 0 atom stereocenters. The van der Waals surface area contributed by atoms with Gasteiger partial charge in [0, 0.05) is 18.7 Å². The average molecular weight is 344 g/mol. The molecule has 2 aromatic rings. The highest BCUT2D eigenvalue weighted by atomic mass is 16.6. The number of aromatic nitrogens is 1. The van der Waals surface area contributed by atoms with E-state index in [0.29, 0.717) is 11.5 Å². The number of nitrogens with zero attached hydrogens (tertiary/aromatic N) is 2. The second kappa shape index (κ2) is 7.59. The number of hydrogen-bond donors (Lipinski definition) is 1. The lowest BCUT2D eigenvalue weighted by Crippen LogP contribution is -2.38. The SMILES string of the molecule is Cc1noc(-c2ccc(O)cc2)c1COC(=O)N(C)C1CCCCC1. The summed E-state index contributed by atoms with van der Waals surface area (Å²) in [7, 11) is 1.81. The van der Waals surface area contributed by atoms with E-state index in [4.69, 9.17) is 9.26 Å². The molecule has 1 amide bonds. The minimum Gasteiger partial charge on any atom is -0.508 e. The first-order chi connectivity index (χ1) is 12.1. The van der Waals surface area contributed by atoms with E-state index in [0.717, 1.165) is 36.8 Å². The highest BCUT2D eigenvalue weighted by Gasteiger charge is 2.24. The van der Waals surface area contributed by atoms with Crippen molar-refractivity contribution in [2.24, 2.45) is 0 Å². The fraction of sp³-hybridized carbons (Fsp3) is 0.474. The van der Waals surface area contributed by atoms with Crippen molar-refractivity contribution >= 4 is 6.09 Å². The van der Waals surface area contributed by atoms with Crippen molar-refractivity contribution in [2.45, 2.75) is 51.7 Å². The Morgan fingerprint density at radius 1 is 1.28 bits per heavy atom. The molecule has 0 aliphatic heterocycles. The van der Waals surface area contributed by atoms with E-state index in [-0.39, 0.29) is 24.5 Å². The van der Waals surface area contributed by atoms with Gasteiger partial charge in [0.15, 0.2) is 5.76 Å². The number of carbonyl (C=O) groups is 1. The second-order valence-corrected chi connectivity index (χ2v) is 6.58. The standard InChI is InChI=1S/C19H24N2O4/c1-13-17(18(25-20-13)14-8-10-16(22)11-9-14)12-24-19(23)21(2)15-6-4-3-5-7-15/h8-11,15,22H,3-7,12H2,1-2H3. The van der Waals surface area contributed by atoms with Crippen molar-refractivity contribution in [1.29, 1.82) is 0 Å². The first kappa shape index (κ1) is 17.3. The second-order valence-electron chi connectivity index (χ2n) is 6.58. The molecule has 3 rings (SSSR count). The van der Waals surface area contributed by atoms with Gasteiger partial charge >= 0.3 is 6.09 Å². The molecule has 0 spiro atoms. The molecule has 6 nitrogen and oxygen atoms in total. The molecule has 0 unspecified atom stereocenters. The maximum absolute atomic E-state index is 12.4. The number of aromatic hydroxyl groups is 1. The summed E-state index contributed by atoms with van der Waals surface area (Å²) < 4.78 is 10.9. The number of rotatable bonds is 4. The van der Waals surface area contributed by atoms with Crippen LogP contribution >= 0.6 is 0 Å². The van der Waals surface area contributed by atoms with Crippen molar-refractivity contribution in [2.75, 3.05) is 7.05 Å². The van der Waals surface area contributed by atoms with Crippen LogP contribution in [0.3, 0.4) is 0 Å². The van der Waals surface area contributed by atoms with E-state index in [2.05, 4.69) is 5.16 Å². The number of carbonyl (C=O) groups excluding carboxylic acids is 1. The van der Waals surface area contributed by atoms with Crippen LogP contribution in [0.1, 0.15) is 43.4 Å². The van der Waals surface area contributed by atoms with Gasteiger partial charge in [-0.1, -0.05) is 24.4 Å². The van der Waals surface area contributed by atoms with Gasteiger partial charge < -0.3 is 19.3 Å². The highest BCUT2D eigenvalue weighted by Crippen LogP contribution is 2.28. The van der Waals surface area contributed by atoms with Crippen molar-refractivity contribution in [3.05, 3.63) is 35.5 Å². The molecule has 1 aliphatic carbocycles. The minimum absolute atomic E-state index is 0.113. The lowest BCUT2D eigenvalue weighted by molar-refractivity contribution is 0.0835.